The van der Waals surface area contributed by atoms with Crippen LogP contribution < -0.4 is 5.32 Å². The van der Waals surface area contributed by atoms with Gasteiger partial charge in [0.25, 0.3) is 5.91 Å². The van der Waals surface area contributed by atoms with Gasteiger partial charge in [0.2, 0.25) is 5.91 Å². The molecule has 4 rings (SSSR count). The Hall–Kier alpha value is -2.80. The van der Waals surface area contributed by atoms with Gasteiger partial charge in [0, 0.05) is 26.2 Å². The van der Waals surface area contributed by atoms with Gasteiger partial charge >= 0.3 is 0 Å². The number of benzene rings is 1. The van der Waals surface area contributed by atoms with Crippen molar-refractivity contribution in [3.8, 4) is 0 Å². The molecule has 2 amide bonds. The topological polar surface area (TPSA) is 71.5 Å². The maximum absolute atomic E-state index is 13.9. The second-order valence-electron chi connectivity index (χ2n) is 8.03. The fourth-order valence-electron chi connectivity index (χ4n) is 4.16. The zero-order valence-electron chi connectivity index (χ0n) is 16.6. The van der Waals surface area contributed by atoms with Gasteiger partial charge in [0.1, 0.15) is 5.54 Å². The van der Waals surface area contributed by atoms with E-state index in [1.807, 2.05) is 25.1 Å². The predicted molar refractivity (Wildman–Crippen MR) is 105 cm³/mol. The van der Waals surface area contributed by atoms with E-state index < -0.39 is 22.9 Å². The van der Waals surface area contributed by atoms with E-state index in [2.05, 4.69) is 16.4 Å². The molecule has 0 bridgehead atoms. The number of ether oxygens (including phenoxy) is 1. The molecule has 1 aromatic heterocycles. The zero-order valence-corrected chi connectivity index (χ0v) is 16.6. The van der Waals surface area contributed by atoms with Gasteiger partial charge in [-0.25, -0.2) is 9.37 Å². The molecular weight excluding hydrogens is 373 g/mol. The minimum Gasteiger partial charge on any atom is -0.368 e. The first-order chi connectivity index (χ1) is 13.8. The van der Waals surface area contributed by atoms with E-state index in [1.54, 1.807) is 0 Å². The largest absolute Gasteiger partial charge is 0.368 e. The van der Waals surface area contributed by atoms with Crippen LogP contribution in [0.3, 0.4) is 0 Å². The Morgan fingerprint density at radius 3 is 2.62 bits per heavy atom. The number of nitrogens with zero attached hydrogens (tertiary/aromatic N) is 2. The third-order valence-corrected chi connectivity index (χ3v) is 5.76. The van der Waals surface area contributed by atoms with Gasteiger partial charge in [0.05, 0.1) is 12.2 Å². The molecular formula is C22H24FN3O3. The van der Waals surface area contributed by atoms with E-state index in [4.69, 9.17) is 4.74 Å². The van der Waals surface area contributed by atoms with Gasteiger partial charge < -0.3 is 15.0 Å². The summed E-state index contributed by atoms with van der Waals surface area (Å²) in [7, 11) is 0. The lowest BCUT2D eigenvalue weighted by Crippen LogP contribution is -2.77. The van der Waals surface area contributed by atoms with Crippen LogP contribution in [0.4, 0.5) is 4.39 Å². The number of rotatable bonds is 6. The van der Waals surface area contributed by atoms with Crippen molar-refractivity contribution >= 4 is 11.8 Å². The number of pyridine rings is 1. The molecule has 1 saturated carbocycles. The van der Waals surface area contributed by atoms with Crippen LogP contribution in [0.15, 0.2) is 42.6 Å². The highest BCUT2D eigenvalue weighted by molar-refractivity contribution is 5.93. The monoisotopic (exact) mass is 397 g/mol. The lowest BCUT2D eigenvalue weighted by Gasteiger charge is -2.54. The highest BCUT2D eigenvalue weighted by Gasteiger charge is 2.67. The van der Waals surface area contributed by atoms with Gasteiger partial charge in [-0.2, -0.15) is 0 Å². The number of aromatic nitrogens is 1. The summed E-state index contributed by atoms with van der Waals surface area (Å²) >= 11 is 0. The Balaban J connectivity index is 1.49. The van der Waals surface area contributed by atoms with Gasteiger partial charge in [0.15, 0.2) is 11.5 Å². The summed E-state index contributed by atoms with van der Waals surface area (Å²) in [6, 6.07) is 10.8. The number of amides is 2. The number of aryl methyl sites for hydroxylation is 1. The van der Waals surface area contributed by atoms with E-state index in [1.165, 1.54) is 30.2 Å². The Morgan fingerprint density at radius 1 is 1.24 bits per heavy atom. The smallest absolute Gasteiger partial charge is 0.275 e. The maximum atomic E-state index is 13.9. The van der Waals surface area contributed by atoms with Gasteiger partial charge in [-0.1, -0.05) is 29.8 Å². The molecule has 0 unspecified atom stereocenters. The molecule has 6 nitrogen and oxygen atoms in total. The summed E-state index contributed by atoms with van der Waals surface area (Å²) < 4.78 is 20.3. The number of carbonyl (C=O) groups excluding carboxylic acids is 2. The van der Waals surface area contributed by atoms with Gasteiger partial charge in [-0.05, 0) is 37.5 Å². The molecule has 0 atom stereocenters. The van der Waals surface area contributed by atoms with E-state index in [9.17, 15) is 14.0 Å². The Morgan fingerprint density at radius 2 is 2.00 bits per heavy atom. The number of likely N-dealkylation sites (tertiary alicyclic amines) is 1. The molecule has 2 aromatic rings. The molecule has 2 aliphatic rings. The van der Waals surface area contributed by atoms with Gasteiger partial charge in [-0.3, -0.25) is 9.59 Å². The van der Waals surface area contributed by atoms with Gasteiger partial charge in [-0.15, -0.1) is 0 Å². The molecule has 152 valence electrons. The predicted octanol–water partition coefficient (Wildman–Crippen LogP) is 2.61. The van der Waals surface area contributed by atoms with Crippen molar-refractivity contribution in [2.24, 2.45) is 0 Å². The summed E-state index contributed by atoms with van der Waals surface area (Å²) in [6.45, 7) is 4.47. The quantitative estimate of drug-likeness (QED) is 0.813. The molecule has 7 heteroatoms. The third-order valence-electron chi connectivity index (χ3n) is 5.76. The van der Waals surface area contributed by atoms with Crippen LogP contribution in [0.1, 0.15) is 41.4 Å². The van der Waals surface area contributed by atoms with Crippen LogP contribution in [0.5, 0.6) is 0 Å². The second kappa shape index (κ2) is 7.22. The lowest BCUT2D eigenvalue weighted by atomic mass is 9.81. The SMILES string of the molecule is CC(=O)NC1(C2(OCc3cccc(C)c3)CC2)CN(C(=O)c2ncccc2F)C1. The average Bonchev–Trinajstić information content (AvgIpc) is 3.44. The van der Waals surface area contributed by atoms with Crippen molar-refractivity contribution in [2.45, 2.75) is 44.4 Å². The molecule has 29 heavy (non-hydrogen) atoms. The van der Waals surface area contributed by atoms with Crippen LogP contribution in [-0.2, 0) is 16.1 Å². The third kappa shape index (κ3) is 3.62. The molecule has 1 saturated heterocycles. The minimum absolute atomic E-state index is 0.174. The maximum Gasteiger partial charge on any atom is 0.275 e. The second-order valence-corrected chi connectivity index (χ2v) is 8.03. The number of hydrogen-bond donors (Lipinski definition) is 1. The fraction of sp³-hybridized carbons (Fsp3) is 0.409. The van der Waals surface area contributed by atoms with E-state index in [0.717, 1.165) is 24.0 Å². The fourth-order valence-corrected chi connectivity index (χ4v) is 4.16. The van der Waals surface area contributed by atoms with Crippen molar-refractivity contribution in [1.29, 1.82) is 0 Å². The first-order valence-electron chi connectivity index (χ1n) is 9.72. The van der Waals surface area contributed by atoms with E-state index in [0.29, 0.717) is 6.61 Å². The molecule has 1 N–H and O–H groups in total. The summed E-state index contributed by atoms with van der Waals surface area (Å²) in [5, 5.41) is 3.02. The molecule has 2 fully saturated rings. The Bertz CT molecular complexity index is 952. The Kier molecular flexibility index (Phi) is 4.86. The molecule has 0 radical (unpaired) electrons. The summed E-state index contributed by atoms with van der Waals surface area (Å²) in [6.07, 6.45) is 3.00. The van der Waals surface area contributed by atoms with Crippen molar-refractivity contribution in [3.05, 3.63) is 65.2 Å². The lowest BCUT2D eigenvalue weighted by molar-refractivity contribution is -0.135. The van der Waals surface area contributed by atoms with E-state index >= 15 is 0 Å². The first-order valence-corrected chi connectivity index (χ1v) is 9.72. The van der Waals surface area contributed by atoms with Crippen LogP contribution in [0.25, 0.3) is 0 Å². The molecule has 1 aliphatic carbocycles. The number of carbonyl (C=O) groups is 2. The molecule has 2 heterocycles. The highest BCUT2D eigenvalue weighted by Crippen LogP contribution is 2.52. The van der Waals surface area contributed by atoms with Crippen molar-refractivity contribution in [3.63, 3.8) is 0 Å². The molecule has 0 spiro atoms. The summed E-state index contributed by atoms with van der Waals surface area (Å²) in [5.74, 6) is -1.29. The van der Waals surface area contributed by atoms with Crippen LogP contribution in [-0.4, -0.2) is 45.9 Å². The Labute approximate surface area is 169 Å². The average molecular weight is 397 g/mol. The van der Waals surface area contributed by atoms with Crippen LogP contribution >= 0.6 is 0 Å². The van der Waals surface area contributed by atoms with Crippen molar-refractivity contribution in [2.75, 3.05) is 13.1 Å². The van der Waals surface area contributed by atoms with Crippen LogP contribution in [0, 0.1) is 12.7 Å². The van der Waals surface area contributed by atoms with Crippen LogP contribution in [0.2, 0.25) is 0 Å². The number of nitrogens with one attached hydrogen (secondary N) is 1. The summed E-state index contributed by atoms with van der Waals surface area (Å²) in [5.41, 5.74) is 0.850. The van der Waals surface area contributed by atoms with E-state index in [-0.39, 0.29) is 24.7 Å². The highest BCUT2D eigenvalue weighted by atomic mass is 19.1. The molecule has 1 aliphatic heterocycles. The normalized spacial score (nSPS) is 18.7. The first kappa shape index (κ1) is 19.5. The van der Waals surface area contributed by atoms with Crippen molar-refractivity contribution in [1.82, 2.24) is 15.2 Å². The minimum atomic E-state index is -0.663. The number of halogens is 1. The van der Waals surface area contributed by atoms with Crippen molar-refractivity contribution < 1.29 is 18.7 Å². The number of hydrogen-bond acceptors (Lipinski definition) is 4. The standard InChI is InChI=1S/C22H24FN3O3/c1-15-5-3-6-17(11-15)12-29-22(8-9-22)21(25-16(2)27)13-26(14-21)20(28)19-18(23)7-4-10-24-19/h3-7,10-11H,8-9,12-14H2,1-2H3,(H,25,27). The zero-order chi connectivity index (χ0) is 20.6. The molecule has 1 aromatic carbocycles. The summed E-state index contributed by atoms with van der Waals surface area (Å²) in [4.78, 5) is 29.9.